The van der Waals surface area contributed by atoms with Crippen LogP contribution < -0.4 is 9.47 Å². The summed E-state index contributed by atoms with van der Waals surface area (Å²) < 4.78 is 15.9. The number of hydrogen-bond acceptors (Lipinski definition) is 5. The van der Waals surface area contributed by atoms with Crippen LogP contribution in [0.3, 0.4) is 0 Å². The van der Waals surface area contributed by atoms with E-state index in [0.717, 1.165) is 24.0 Å². The van der Waals surface area contributed by atoms with Crippen LogP contribution in [-0.4, -0.2) is 50.7 Å². The maximum absolute atomic E-state index is 13.5. The highest BCUT2D eigenvalue weighted by Gasteiger charge is 2.39. The van der Waals surface area contributed by atoms with Gasteiger partial charge in [-0.1, -0.05) is 44.2 Å². The molecule has 34 heavy (non-hydrogen) atoms. The number of esters is 1. The molecule has 0 radical (unpaired) electrons. The average Bonchev–Trinajstić information content (AvgIpc) is 2.86. The van der Waals surface area contributed by atoms with Gasteiger partial charge in [0, 0.05) is 6.54 Å². The molecule has 1 fully saturated rings. The van der Waals surface area contributed by atoms with Crippen molar-refractivity contribution in [3.05, 3.63) is 59.2 Å². The van der Waals surface area contributed by atoms with Crippen molar-refractivity contribution in [1.29, 1.82) is 0 Å². The fourth-order valence-corrected chi connectivity index (χ4v) is 4.80. The maximum atomic E-state index is 13.5. The predicted molar refractivity (Wildman–Crippen MR) is 132 cm³/mol. The highest BCUT2D eigenvalue weighted by atomic mass is 16.5. The molecule has 6 nitrogen and oxygen atoms in total. The largest absolute Gasteiger partial charge is 0.493 e. The Labute approximate surface area is 203 Å². The van der Waals surface area contributed by atoms with Gasteiger partial charge in [0.25, 0.3) is 0 Å². The van der Waals surface area contributed by atoms with Gasteiger partial charge in [0.1, 0.15) is 6.04 Å². The number of hydrogen-bond donors (Lipinski definition) is 0. The molecule has 2 aromatic rings. The molecule has 0 aromatic heterocycles. The summed E-state index contributed by atoms with van der Waals surface area (Å²) in [5.74, 6) is 1.25. The quantitative estimate of drug-likeness (QED) is 0.514. The lowest BCUT2D eigenvalue weighted by atomic mass is 9.84. The Hall–Kier alpha value is -3.02. The fourth-order valence-electron chi connectivity index (χ4n) is 4.80. The minimum atomic E-state index is -0.619. The molecule has 1 amide bonds. The molecule has 0 aliphatic carbocycles. The van der Waals surface area contributed by atoms with Gasteiger partial charge < -0.3 is 19.1 Å². The number of nitrogens with zero attached hydrogens (tertiary/aromatic N) is 1. The number of amides is 1. The van der Waals surface area contributed by atoms with Crippen molar-refractivity contribution in [1.82, 2.24) is 4.90 Å². The van der Waals surface area contributed by atoms with Crippen LogP contribution in [-0.2, 0) is 20.7 Å². The molecule has 1 saturated heterocycles. The van der Waals surface area contributed by atoms with E-state index in [4.69, 9.17) is 14.2 Å². The number of methoxy groups -OCH3 is 3. The molecule has 3 atom stereocenters. The normalized spacial score (nSPS) is 19.0. The van der Waals surface area contributed by atoms with Crippen LogP contribution >= 0.6 is 0 Å². The molecule has 1 heterocycles. The van der Waals surface area contributed by atoms with Crippen LogP contribution in [0.25, 0.3) is 0 Å². The van der Waals surface area contributed by atoms with E-state index < -0.39 is 6.04 Å². The third-order valence-electron chi connectivity index (χ3n) is 6.73. The Morgan fingerprint density at radius 3 is 2.24 bits per heavy atom. The zero-order valence-corrected chi connectivity index (χ0v) is 21.2. The zero-order valence-electron chi connectivity index (χ0n) is 21.2. The first-order chi connectivity index (χ1) is 16.3. The van der Waals surface area contributed by atoms with Crippen LogP contribution in [0.15, 0.2) is 42.5 Å². The number of carbonyl (C=O) groups is 2. The monoisotopic (exact) mass is 467 g/mol. The molecular formula is C28H37NO5. The van der Waals surface area contributed by atoms with E-state index in [-0.39, 0.29) is 23.7 Å². The molecule has 2 aromatic carbocycles. The van der Waals surface area contributed by atoms with Crippen LogP contribution in [0.1, 0.15) is 62.1 Å². The van der Waals surface area contributed by atoms with Crippen molar-refractivity contribution in [3.8, 4) is 11.5 Å². The highest BCUT2D eigenvalue weighted by molar-refractivity contribution is 5.88. The van der Waals surface area contributed by atoms with E-state index in [9.17, 15) is 9.59 Å². The Kier molecular flexibility index (Phi) is 8.59. The molecule has 0 bridgehead atoms. The summed E-state index contributed by atoms with van der Waals surface area (Å²) >= 11 is 0. The molecule has 3 rings (SSSR count). The molecule has 1 aliphatic heterocycles. The smallest absolute Gasteiger partial charge is 0.328 e. The summed E-state index contributed by atoms with van der Waals surface area (Å²) in [6, 6.07) is 13.5. The van der Waals surface area contributed by atoms with Gasteiger partial charge >= 0.3 is 5.97 Å². The lowest BCUT2D eigenvalue weighted by molar-refractivity contribution is -0.155. The van der Waals surface area contributed by atoms with Gasteiger partial charge in [-0.25, -0.2) is 4.79 Å². The molecule has 3 unspecified atom stereocenters. The minimum absolute atomic E-state index is 0.0437. The third kappa shape index (κ3) is 5.72. The second-order valence-corrected chi connectivity index (χ2v) is 9.47. The minimum Gasteiger partial charge on any atom is -0.493 e. The Balaban J connectivity index is 1.78. The summed E-state index contributed by atoms with van der Waals surface area (Å²) in [6.07, 6.45) is 2.28. The Morgan fingerprint density at radius 2 is 1.65 bits per heavy atom. The number of ether oxygens (including phenoxy) is 3. The van der Waals surface area contributed by atoms with Crippen molar-refractivity contribution in [2.45, 2.75) is 57.9 Å². The molecule has 0 N–H and O–H groups in total. The summed E-state index contributed by atoms with van der Waals surface area (Å²) in [5.41, 5.74) is 3.29. The fraction of sp³-hybridized carbons (Fsp3) is 0.500. The molecule has 184 valence electrons. The standard InChI is InChI=1S/C28H37NO5/c1-18(2)15-20-7-9-21(10-8-20)19(3)27(30)29-14-13-23(16-24(29)28(31)34-6)22-11-12-25(32-4)26(17-22)33-5/h7-12,17-19,23-24H,13-16H2,1-6H3. The molecule has 0 saturated carbocycles. The number of carbonyl (C=O) groups excluding carboxylic acids is 2. The Morgan fingerprint density at radius 1 is 0.971 bits per heavy atom. The SMILES string of the molecule is COC(=O)C1CC(c2ccc(OC)c(OC)c2)CCN1C(=O)C(C)c1ccc(CC(C)C)cc1. The van der Waals surface area contributed by atoms with Gasteiger partial charge in [0.15, 0.2) is 11.5 Å². The van der Waals surface area contributed by atoms with Gasteiger partial charge in [0.2, 0.25) is 5.91 Å². The second-order valence-electron chi connectivity index (χ2n) is 9.47. The summed E-state index contributed by atoms with van der Waals surface area (Å²) in [5, 5.41) is 0. The number of piperidine rings is 1. The van der Waals surface area contributed by atoms with Gasteiger partial charge in [-0.3, -0.25) is 4.79 Å². The first-order valence-corrected chi connectivity index (χ1v) is 12.0. The Bertz CT molecular complexity index is 985. The highest BCUT2D eigenvalue weighted by Crippen LogP contribution is 2.37. The first kappa shape index (κ1) is 25.6. The van der Waals surface area contributed by atoms with Crippen molar-refractivity contribution in [2.24, 2.45) is 5.92 Å². The average molecular weight is 468 g/mol. The second kappa shape index (κ2) is 11.4. The number of likely N-dealkylation sites (tertiary alicyclic amines) is 1. The first-order valence-electron chi connectivity index (χ1n) is 12.0. The maximum Gasteiger partial charge on any atom is 0.328 e. The topological polar surface area (TPSA) is 65.1 Å². The van der Waals surface area contributed by atoms with E-state index >= 15 is 0 Å². The van der Waals surface area contributed by atoms with Gasteiger partial charge in [-0.15, -0.1) is 0 Å². The van der Waals surface area contributed by atoms with E-state index in [2.05, 4.69) is 26.0 Å². The van der Waals surface area contributed by atoms with Crippen molar-refractivity contribution >= 4 is 11.9 Å². The van der Waals surface area contributed by atoms with E-state index in [1.807, 2.05) is 37.3 Å². The van der Waals surface area contributed by atoms with Gasteiger partial charge in [-0.05, 0) is 66.8 Å². The molecule has 1 aliphatic rings. The van der Waals surface area contributed by atoms with E-state index in [1.54, 1.807) is 19.1 Å². The lowest BCUT2D eigenvalue weighted by Crippen LogP contribution is -2.51. The summed E-state index contributed by atoms with van der Waals surface area (Å²) in [6.45, 7) is 6.79. The molecule has 6 heteroatoms. The van der Waals surface area contributed by atoms with Crippen LogP contribution in [0.5, 0.6) is 11.5 Å². The predicted octanol–water partition coefficient (Wildman–Crippen LogP) is 4.95. The van der Waals surface area contributed by atoms with Crippen molar-refractivity contribution in [2.75, 3.05) is 27.9 Å². The van der Waals surface area contributed by atoms with Crippen molar-refractivity contribution < 1.29 is 23.8 Å². The van der Waals surface area contributed by atoms with Crippen molar-refractivity contribution in [3.63, 3.8) is 0 Å². The summed E-state index contributed by atoms with van der Waals surface area (Å²) in [4.78, 5) is 27.9. The molecule has 0 spiro atoms. The number of benzene rings is 2. The zero-order chi connectivity index (χ0) is 24.8. The lowest BCUT2D eigenvalue weighted by Gasteiger charge is -2.39. The van der Waals surface area contributed by atoms with Crippen LogP contribution in [0.4, 0.5) is 0 Å². The third-order valence-corrected chi connectivity index (χ3v) is 6.73. The summed E-state index contributed by atoms with van der Waals surface area (Å²) in [7, 11) is 4.59. The van der Waals surface area contributed by atoms with Crippen LogP contribution in [0, 0.1) is 5.92 Å². The van der Waals surface area contributed by atoms with E-state index in [0.29, 0.717) is 30.4 Å². The van der Waals surface area contributed by atoms with Gasteiger partial charge in [-0.2, -0.15) is 0 Å². The van der Waals surface area contributed by atoms with Gasteiger partial charge in [0.05, 0.1) is 27.2 Å². The van der Waals surface area contributed by atoms with E-state index in [1.165, 1.54) is 12.7 Å². The van der Waals surface area contributed by atoms with Crippen LogP contribution in [0.2, 0.25) is 0 Å². The molecular weight excluding hydrogens is 430 g/mol. The number of rotatable bonds is 8.